The summed E-state index contributed by atoms with van der Waals surface area (Å²) >= 11 is 0. The Labute approximate surface area is 401 Å². The molecule has 14 nitrogen and oxygen atoms in total. The van der Waals surface area contributed by atoms with Crippen molar-refractivity contribution in [1.29, 1.82) is 0 Å². The van der Waals surface area contributed by atoms with Crippen molar-refractivity contribution >= 4 is 5.97 Å². The predicted octanol–water partition coefficient (Wildman–Crippen LogP) is 7.29. The summed E-state index contributed by atoms with van der Waals surface area (Å²) in [6.07, 6.45) is 34.0. The van der Waals surface area contributed by atoms with Gasteiger partial charge in [0.1, 0.15) is 54.9 Å². The molecule has 0 aromatic rings. The minimum absolute atomic E-state index is 0.0394. The highest BCUT2D eigenvalue weighted by Gasteiger charge is 2.47. The highest BCUT2D eigenvalue weighted by atomic mass is 16.7. The van der Waals surface area contributed by atoms with Crippen LogP contribution in [0.5, 0.6) is 0 Å². The SMILES string of the molecule is CC/C=C\C/C=C\C/C=C\C/C=C\C/C=C\C/C=C\C/C=C\CCCCCCOCC(COC1OC(COC2OC(CO)C(O)C(O)C2O)C(O)C(O)C1O)OC(=O)CCCCCCCCC. The molecule has 7 N–H and O–H groups in total. The molecule has 0 spiro atoms. The van der Waals surface area contributed by atoms with Gasteiger partial charge in [-0.3, -0.25) is 4.79 Å². The van der Waals surface area contributed by atoms with E-state index in [0.717, 1.165) is 96.3 Å². The van der Waals surface area contributed by atoms with Gasteiger partial charge in [-0.05, 0) is 70.6 Å². The van der Waals surface area contributed by atoms with Crippen molar-refractivity contribution in [2.45, 2.75) is 210 Å². The monoisotopic (exact) mass is 949 g/mol. The van der Waals surface area contributed by atoms with E-state index < -0.39 is 86.7 Å². The molecule has 2 fully saturated rings. The van der Waals surface area contributed by atoms with Gasteiger partial charge in [-0.25, -0.2) is 0 Å². The lowest BCUT2D eigenvalue weighted by molar-refractivity contribution is -0.332. The van der Waals surface area contributed by atoms with Crippen molar-refractivity contribution in [2.75, 3.05) is 33.0 Å². The van der Waals surface area contributed by atoms with Gasteiger partial charge in [0, 0.05) is 13.0 Å². The summed E-state index contributed by atoms with van der Waals surface area (Å²) in [7, 11) is 0. The zero-order chi connectivity index (χ0) is 48.7. The van der Waals surface area contributed by atoms with E-state index in [4.69, 9.17) is 28.4 Å². The van der Waals surface area contributed by atoms with Crippen molar-refractivity contribution in [3.05, 3.63) is 85.1 Å². The molecular weight excluding hydrogens is 861 g/mol. The molecule has 0 bridgehead atoms. The molecule has 14 heteroatoms. The number of aliphatic hydroxyl groups is 7. The van der Waals surface area contributed by atoms with Gasteiger partial charge >= 0.3 is 5.97 Å². The summed E-state index contributed by atoms with van der Waals surface area (Å²) in [5.41, 5.74) is 0. The molecule has 11 unspecified atom stereocenters. The molecule has 0 aromatic heterocycles. The molecule has 0 amide bonds. The standard InChI is InChI=1S/C53H88O14/c1-3-5-7-9-11-12-13-14-15-16-17-18-19-20-21-22-23-24-25-26-27-28-29-31-33-35-37-62-39-42(65-45(55)36-34-32-30-10-8-6-4-2)40-63-52-51(61)49(59)47(57)44(67-52)41-64-53-50(60)48(58)46(56)43(38-54)66-53/h5,7,11-12,14-15,17-18,20-21,23-24,26-27,42-44,46-54,56-61H,3-4,6,8-10,13,16,19,22,25,28-41H2,1-2H3/b7-5-,12-11-,15-14-,18-17-,21-20-,24-23-,27-26-. The molecule has 0 aliphatic carbocycles. The van der Waals surface area contributed by atoms with Crippen LogP contribution in [0.3, 0.4) is 0 Å². The third-order valence-corrected chi connectivity index (χ3v) is 11.4. The number of ether oxygens (including phenoxy) is 6. The van der Waals surface area contributed by atoms with Gasteiger partial charge in [0.05, 0.1) is 26.4 Å². The van der Waals surface area contributed by atoms with E-state index in [0.29, 0.717) is 13.0 Å². The van der Waals surface area contributed by atoms with Crippen molar-refractivity contribution in [2.24, 2.45) is 0 Å². The van der Waals surface area contributed by atoms with E-state index in [1.54, 1.807) is 0 Å². The number of esters is 1. The van der Waals surface area contributed by atoms with E-state index in [1.807, 2.05) is 0 Å². The number of carbonyl (C=O) groups is 1. The van der Waals surface area contributed by atoms with Crippen LogP contribution in [0.2, 0.25) is 0 Å². The maximum Gasteiger partial charge on any atom is 0.306 e. The summed E-state index contributed by atoms with van der Waals surface area (Å²) in [6.45, 7) is 3.42. The van der Waals surface area contributed by atoms with Crippen molar-refractivity contribution in [1.82, 2.24) is 0 Å². The van der Waals surface area contributed by atoms with Crippen LogP contribution >= 0.6 is 0 Å². The molecule has 11 atom stereocenters. The Hall–Kier alpha value is -2.83. The lowest BCUT2D eigenvalue weighted by Gasteiger charge is -2.42. The summed E-state index contributed by atoms with van der Waals surface area (Å²) < 4.78 is 34.1. The molecule has 0 saturated carbocycles. The van der Waals surface area contributed by atoms with E-state index in [9.17, 15) is 40.5 Å². The first-order chi connectivity index (χ1) is 32.6. The maximum absolute atomic E-state index is 12.9. The van der Waals surface area contributed by atoms with Gasteiger partial charge in [-0.2, -0.15) is 0 Å². The van der Waals surface area contributed by atoms with Gasteiger partial charge in [-0.1, -0.05) is 150 Å². The number of aliphatic hydroxyl groups excluding tert-OH is 7. The first kappa shape index (κ1) is 60.3. The lowest BCUT2D eigenvalue weighted by atomic mass is 9.98. The molecule has 0 radical (unpaired) electrons. The van der Waals surface area contributed by atoms with Gasteiger partial charge in [-0.15, -0.1) is 0 Å². The number of hydrogen-bond acceptors (Lipinski definition) is 14. The highest BCUT2D eigenvalue weighted by Crippen LogP contribution is 2.26. The van der Waals surface area contributed by atoms with Crippen LogP contribution in [-0.2, 0) is 33.2 Å². The Balaban J connectivity index is 1.70. The van der Waals surface area contributed by atoms with Crippen LogP contribution in [0.15, 0.2) is 85.1 Å². The van der Waals surface area contributed by atoms with Crippen LogP contribution in [0.4, 0.5) is 0 Å². The topological polar surface area (TPSA) is 214 Å². The number of carbonyl (C=O) groups excluding carboxylic acids is 1. The van der Waals surface area contributed by atoms with Crippen LogP contribution < -0.4 is 0 Å². The molecule has 2 rings (SSSR count). The molecule has 2 saturated heterocycles. The molecule has 0 aromatic carbocycles. The van der Waals surface area contributed by atoms with E-state index >= 15 is 0 Å². The summed E-state index contributed by atoms with van der Waals surface area (Å²) in [5.74, 6) is -0.397. The minimum Gasteiger partial charge on any atom is -0.457 e. The van der Waals surface area contributed by atoms with Crippen LogP contribution in [-0.4, -0.2) is 142 Å². The quantitative estimate of drug-likeness (QED) is 0.0184. The fourth-order valence-electron chi connectivity index (χ4n) is 7.32. The van der Waals surface area contributed by atoms with Crippen LogP contribution in [0.1, 0.15) is 142 Å². The van der Waals surface area contributed by atoms with Gasteiger partial charge in [0.15, 0.2) is 12.6 Å². The van der Waals surface area contributed by atoms with Gasteiger partial charge in [0.2, 0.25) is 0 Å². The normalized spacial score (nSPS) is 26.8. The van der Waals surface area contributed by atoms with E-state index in [1.165, 1.54) is 19.3 Å². The second-order valence-corrected chi connectivity index (χ2v) is 17.3. The third-order valence-electron chi connectivity index (χ3n) is 11.4. The highest BCUT2D eigenvalue weighted by molar-refractivity contribution is 5.69. The van der Waals surface area contributed by atoms with Crippen LogP contribution in [0, 0.1) is 0 Å². The molecule has 2 heterocycles. The Morgan fingerprint density at radius 1 is 0.507 bits per heavy atom. The second-order valence-electron chi connectivity index (χ2n) is 17.3. The molecular formula is C53H88O14. The molecule has 384 valence electrons. The zero-order valence-corrected chi connectivity index (χ0v) is 40.6. The number of allylic oxidation sites excluding steroid dienone is 14. The van der Waals surface area contributed by atoms with Crippen LogP contribution in [0.25, 0.3) is 0 Å². The number of rotatable bonds is 38. The second kappa shape index (κ2) is 40.0. The molecule has 67 heavy (non-hydrogen) atoms. The number of unbranched alkanes of at least 4 members (excludes halogenated alkanes) is 10. The average Bonchev–Trinajstić information content (AvgIpc) is 3.32. The van der Waals surface area contributed by atoms with E-state index in [-0.39, 0.29) is 19.6 Å². The molecule has 2 aliphatic heterocycles. The van der Waals surface area contributed by atoms with E-state index in [2.05, 4.69) is 98.9 Å². The van der Waals surface area contributed by atoms with Gasteiger partial charge < -0.3 is 64.2 Å². The third kappa shape index (κ3) is 27.8. The van der Waals surface area contributed by atoms with Gasteiger partial charge in [0.25, 0.3) is 0 Å². The largest absolute Gasteiger partial charge is 0.457 e. The zero-order valence-electron chi connectivity index (χ0n) is 40.6. The Bertz CT molecular complexity index is 1430. The average molecular weight is 949 g/mol. The Kier molecular flexibility index (Phi) is 36.0. The fraction of sp³-hybridized carbons (Fsp3) is 0.717. The number of hydrogen-bond donors (Lipinski definition) is 7. The fourth-order valence-corrected chi connectivity index (χ4v) is 7.32. The summed E-state index contributed by atoms with van der Waals surface area (Å²) in [5, 5.41) is 71.9. The smallest absolute Gasteiger partial charge is 0.306 e. The first-order valence-corrected chi connectivity index (χ1v) is 25.2. The predicted molar refractivity (Wildman–Crippen MR) is 261 cm³/mol. The van der Waals surface area contributed by atoms with Crippen molar-refractivity contribution < 1.29 is 69.0 Å². The Morgan fingerprint density at radius 2 is 0.970 bits per heavy atom. The summed E-state index contributed by atoms with van der Waals surface area (Å²) in [6, 6.07) is 0. The molecule has 2 aliphatic rings. The maximum atomic E-state index is 12.9. The minimum atomic E-state index is -1.71. The summed E-state index contributed by atoms with van der Waals surface area (Å²) in [4.78, 5) is 12.9. The lowest BCUT2D eigenvalue weighted by Crippen LogP contribution is -2.61. The van der Waals surface area contributed by atoms with Crippen molar-refractivity contribution in [3.8, 4) is 0 Å². The first-order valence-electron chi connectivity index (χ1n) is 25.2. The van der Waals surface area contributed by atoms with Crippen molar-refractivity contribution in [3.63, 3.8) is 0 Å². The Morgan fingerprint density at radius 3 is 1.52 bits per heavy atom.